The van der Waals surface area contributed by atoms with Gasteiger partial charge in [-0.2, -0.15) is 0 Å². The lowest BCUT2D eigenvalue weighted by Gasteiger charge is -2.34. The minimum absolute atomic E-state index is 0.0322. The van der Waals surface area contributed by atoms with Crippen LogP contribution >= 0.6 is 0 Å². The molecule has 0 amide bonds. The lowest BCUT2D eigenvalue weighted by atomic mass is 9.68. The van der Waals surface area contributed by atoms with Crippen LogP contribution in [0.3, 0.4) is 0 Å². The highest BCUT2D eigenvalue weighted by atomic mass is 16.3. The van der Waals surface area contributed by atoms with E-state index in [2.05, 4.69) is 247 Å². The van der Waals surface area contributed by atoms with Crippen molar-refractivity contribution in [2.75, 3.05) is 4.90 Å². The van der Waals surface area contributed by atoms with Gasteiger partial charge < -0.3 is 9.32 Å². The number of rotatable bonds is 4. The van der Waals surface area contributed by atoms with E-state index in [-0.39, 0.29) is 10.8 Å². The first-order valence-electron chi connectivity index (χ1n) is 23.7. The van der Waals surface area contributed by atoms with Crippen molar-refractivity contribution in [3.05, 3.63) is 234 Å². The molecule has 11 aromatic rings. The predicted molar refractivity (Wildman–Crippen MR) is 283 cm³/mol. The second-order valence-electron chi connectivity index (χ2n) is 20.9. The standard InChI is InChI=1S/C65H51NO/c1-63(2,3)43-29-32-48-49-33-30-44(64(4,5)6)38-56(49)65(55(48)37-43)54-25-13-11-22-47(54)50-34-31-45(39-57(50)65)66(58-27-15-20-40-17-9-10-21-46(40)58)59-26-14-12-23-51(59)52-24-16-28-60-62(52)53-35-41-18-7-8-19-42(41)36-61(53)67-60/h7-39H,1-6H3. The Hall–Kier alpha value is -7.68. The zero-order valence-corrected chi connectivity index (χ0v) is 38.9. The fourth-order valence-electron chi connectivity index (χ4n) is 11.7. The smallest absolute Gasteiger partial charge is 0.136 e. The van der Waals surface area contributed by atoms with Crippen LogP contribution in [0.25, 0.3) is 76.9 Å². The summed E-state index contributed by atoms with van der Waals surface area (Å²) in [5.41, 5.74) is 20.1. The fourth-order valence-corrected chi connectivity index (χ4v) is 11.7. The molecule has 0 fully saturated rings. The van der Waals surface area contributed by atoms with E-state index in [9.17, 15) is 0 Å². The van der Waals surface area contributed by atoms with Crippen molar-refractivity contribution in [1.29, 1.82) is 0 Å². The summed E-state index contributed by atoms with van der Waals surface area (Å²) in [6.45, 7) is 14.0. The maximum absolute atomic E-state index is 6.69. The number of para-hydroxylation sites is 1. The van der Waals surface area contributed by atoms with E-state index in [1.807, 2.05) is 0 Å². The number of nitrogens with zero attached hydrogens (tertiary/aromatic N) is 1. The SMILES string of the molecule is CC(C)(C)c1ccc2c(c1)C1(c3ccccc3-c3ccc(N(c4ccccc4-c4cccc5oc6cc7ccccc7cc6c45)c4cccc5ccccc45)cc31)c1cc(C(C)(C)C)ccc1-2. The Labute approximate surface area is 392 Å². The van der Waals surface area contributed by atoms with Crippen molar-refractivity contribution < 1.29 is 4.42 Å². The van der Waals surface area contributed by atoms with Gasteiger partial charge in [0.1, 0.15) is 11.2 Å². The molecule has 10 aromatic carbocycles. The summed E-state index contributed by atoms with van der Waals surface area (Å²) in [5.74, 6) is 0. The third-order valence-corrected chi connectivity index (χ3v) is 15.0. The molecule has 0 saturated heterocycles. The zero-order valence-electron chi connectivity index (χ0n) is 38.9. The number of hydrogen-bond donors (Lipinski definition) is 0. The van der Waals surface area contributed by atoms with Gasteiger partial charge in [0.05, 0.1) is 16.8 Å². The molecular weight excluding hydrogens is 811 g/mol. The Kier molecular flexibility index (Phi) is 8.38. The quantitative estimate of drug-likeness (QED) is 0.175. The molecule has 0 saturated carbocycles. The van der Waals surface area contributed by atoms with E-state index < -0.39 is 5.41 Å². The van der Waals surface area contributed by atoms with Crippen LogP contribution in [0.2, 0.25) is 0 Å². The molecular formula is C65H51NO. The molecule has 0 aliphatic heterocycles. The highest BCUT2D eigenvalue weighted by Gasteiger charge is 2.52. The van der Waals surface area contributed by atoms with Crippen LogP contribution in [0, 0.1) is 0 Å². The molecule has 0 unspecified atom stereocenters. The second-order valence-corrected chi connectivity index (χ2v) is 20.9. The highest BCUT2D eigenvalue weighted by molar-refractivity contribution is 6.17. The summed E-state index contributed by atoms with van der Waals surface area (Å²) in [6, 6.07) is 75.2. The lowest BCUT2D eigenvalue weighted by Crippen LogP contribution is -2.27. The summed E-state index contributed by atoms with van der Waals surface area (Å²) < 4.78 is 6.69. The molecule has 67 heavy (non-hydrogen) atoms. The molecule has 13 rings (SSSR count). The second kappa shape index (κ2) is 14.2. The van der Waals surface area contributed by atoms with Crippen LogP contribution in [0.5, 0.6) is 0 Å². The Morgan fingerprint density at radius 2 is 0.881 bits per heavy atom. The molecule has 2 heteroatoms. The van der Waals surface area contributed by atoms with Crippen molar-refractivity contribution in [1.82, 2.24) is 0 Å². The van der Waals surface area contributed by atoms with Crippen LogP contribution in [-0.4, -0.2) is 0 Å². The maximum Gasteiger partial charge on any atom is 0.136 e. The fraction of sp³-hybridized carbons (Fsp3) is 0.138. The van der Waals surface area contributed by atoms with Gasteiger partial charge in [0.2, 0.25) is 0 Å². The molecule has 0 N–H and O–H groups in total. The monoisotopic (exact) mass is 861 g/mol. The lowest BCUT2D eigenvalue weighted by molar-refractivity contribution is 0.586. The number of furan rings is 1. The molecule has 0 radical (unpaired) electrons. The Morgan fingerprint density at radius 3 is 1.60 bits per heavy atom. The minimum atomic E-state index is -0.539. The summed E-state index contributed by atoms with van der Waals surface area (Å²) in [5, 5.41) is 7.01. The Balaban J connectivity index is 1.12. The van der Waals surface area contributed by atoms with Crippen LogP contribution < -0.4 is 4.90 Å². The molecule has 1 spiro atoms. The third kappa shape index (κ3) is 5.75. The molecule has 1 aromatic heterocycles. The van der Waals surface area contributed by atoms with Gasteiger partial charge in [0.25, 0.3) is 0 Å². The molecule has 1 heterocycles. The summed E-state index contributed by atoms with van der Waals surface area (Å²) >= 11 is 0. The normalized spacial score (nSPS) is 13.6. The van der Waals surface area contributed by atoms with E-state index in [4.69, 9.17) is 4.42 Å². The van der Waals surface area contributed by atoms with E-state index in [0.717, 1.165) is 50.1 Å². The first kappa shape index (κ1) is 39.7. The van der Waals surface area contributed by atoms with E-state index >= 15 is 0 Å². The molecule has 0 atom stereocenters. The minimum Gasteiger partial charge on any atom is -0.456 e. The molecule has 322 valence electrons. The van der Waals surface area contributed by atoms with Crippen LogP contribution in [0.4, 0.5) is 17.1 Å². The van der Waals surface area contributed by atoms with Gasteiger partial charge in [-0.1, -0.05) is 199 Å². The van der Waals surface area contributed by atoms with Crippen LogP contribution in [-0.2, 0) is 16.2 Å². The van der Waals surface area contributed by atoms with Gasteiger partial charge >= 0.3 is 0 Å². The van der Waals surface area contributed by atoms with Gasteiger partial charge in [-0.25, -0.2) is 0 Å². The van der Waals surface area contributed by atoms with Gasteiger partial charge in [-0.15, -0.1) is 0 Å². The van der Waals surface area contributed by atoms with Gasteiger partial charge in [-0.3, -0.25) is 0 Å². The number of fused-ring (bicyclic) bond motifs is 15. The third-order valence-electron chi connectivity index (χ3n) is 15.0. The van der Waals surface area contributed by atoms with Crippen molar-refractivity contribution >= 4 is 60.5 Å². The van der Waals surface area contributed by atoms with Crippen LogP contribution in [0.15, 0.2) is 205 Å². The number of hydrogen-bond acceptors (Lipinski definition) is 2. The molecule has 2 aliphatic rings. The maximum atomic E-state index is 6.69. The molecule has 2 nitrogen and oxygen atoms in total. The first-order chi connectivity index (χ1) is 32.5. The topological polar surface area (TPSA) is 16.4 Å². The first-order valence-corrected chi connectivity index (χ1v) is 23.7. The predicted octanol–water partition coefficient (Wildman–Crippen LogP) is 18.0. The van der Waals surface area contributed by atoms with Gasteiger partial charge in [0, 0.05) is 27.4 Å². The van der Waals surface area contributed by atoms with Gasteiger partial charge in [-0.05, 0) is 131 Å². The Morgan fingerprint density at radius 1 is 0.358 bits per heavy atom. The largest absolute Gasteiger partial charge is 0.456 e. The molecule has 0 bridgehead atoms. The number of benzene rings is 10. The molecule has 2 aliphatic carbocycles. The summed E-state index contributed by atoms with van der Waals surface area (Å²) in [7, 11) is 0. The van der Waals surface area contributed by atoms with Crippen molar-refractivity contribution in [2.45, 2.75) is 57.8 Å². The zero-order chi connectivity index (χ0) is 45.4. The van der Waals surface area contributed by atoms with E-state index in [0.29, 0.717) is 0 Å². The summed E-state index contributed by atoms with van der Waals surface area (Å²) in [4.78, 5) is 2.53. The number of anilines is 3. The Bertz CT molecular complexity index is 3780. The van der Waals surface area contributed by atoms with Crippen molar-refractivity contribution in [2.24, 2.45) is 0 Å². The van der Waals surface area contributed by atoms with E-state index in [1.54, 1.807) is 0 Å². The van der Waals surface area contributed by atoms with Crippen molar-refractivity contribution in [3.8, 4) is 33.4 Å². The van der Waals surface area contributed by atoms with Crippen molar-refractivity contribution in [3.63, 3.8) is 0 Å². The summed E-state index contributed by atoms with van der Waals surface area (Å²) in [6.07, 6.45) is 0. The average Bonchev–Trinajstić information content (AvgIpc) is 3.96. The van der Waals surface area contributed by atoms with E-state index in [1.165, 1.54) is 77.2 Å². The highest BCUT2D eigenvalue weighted by Crippen LogP contribution is 2.64. The van der Waals surface area contributed by atoms with Gasteiger partial charge in [0.15, 0.2) is 0 Å². The van der Waals surface area contributed by atoms with Crippen LogP contribution in [0.1, 0.15) is 74.9 Å². The average molecular weight is 862 g/mol.